The summed E-state index contributed by atoms with van der Waals surface area (Å²) in [6.45, 7) is 3.17. The minimum Gasteiger partial charge on any atom is -0.478 e. The fourth-order valence-corrected chi connectivity index (χ4v) is 4.39. The van der Waals surface area contributed by atoms with Gasteiger partial charge in [-0.25, -0.2) is 17.6 Å². The highest BCUT2D eigenvalue weighted by Crippen LogP contribution is 2.28. The van der Waals surface area contributed by atoms with E-state index in [4.69, 9.17) is 0 Å². The van der Waals surface area contributed by atoms with Gasteiger partial charge in [0.1, 0.15) is 5.82 Å². The number of nitrogens with zero attached hydrogens (tertiary/aromatic N) is 1. The first kappa shape index (κ1) is 18.2. The van der Waals surface area contributed by atoms with Gasteiger partial charge in [0, 0.05) is 18.8 Å². The lowest BCUT2D eigenvalue weighted by atomic mass is 10.1. The van der Waals surface area contributed by atoms with Gasteiger partial charge in [-0.2, -0.15) is 0 Å². The van der Waals surface area contributed by atoms with Gasteiger partial charge in [0.15, 0.2) is 0 Å². The van der Waals surface area contributed by atoms with Crippen LogP contribution >= 0.6 is 0 Å². The average Bonchev–Trinajstić information content (AvgIpc) is 3.08. The van der Waals surface area contributed by atoms with E-state index in [-0.39, 0.29) is 21.7 Å². The Balaban J connectivity index is 1.96. The van der Waals surface area contributed by atoms with Crippen molar-refractivity contribution in [2.75, 3.05) is 22.7 Å². The molecule has 0 radical (unpaired) electrons. The number of rotatable bonds is 5. The van der Waals surface area contributed by atoms with Gasteiger partial charge >= 0.3 is 5.97 Å². The molecule has 2 aromatic carbocycles. The molecule has 3 rings (SSSR count). The van der Waals surface area contributed by atoms with E-state index in [1.54, 1.807) is 6.07 Å². The molecule has 1 heterocycles. The van der Waals surface area contributed by atoms with Crippen LogP contribution in [0, 0.1) is 12.7 Å². The standard InChI is InChI=1S/C18H19FN2O4S/c1-12-10-13(19)4-7-17(12)26(24,25)20-16-6-5-14(11-15(16)18(22)23)21-8-2-3-9-21/h4-7,10-11,20H,2-3,8-9H2,1H3,(H,22,23). The highest BCUT2D eigenvalue weighted by molar-refractivity contribution is 7.92. The monoisotopic (exact) mass is 378 g/mol. The molecule has 0 bridgehead atoms. The van der Waals surface area contributed by atoms with Gasteiger partial charge in [-0.3, -0.25) is 4.72 Å². The summed E-state index contributed by atoms with van der Waals surface area (Å²) in [7, 11) is -4.04. The number of carboxylic acid groups (broad SMARTS) is 1. The second kappa shape index (κ2) is 6.95. The van der Waals surface area contributed by atoms with Crippen molar-refractivity contribution in [2.45, 2.75) is 24.7 Å². The number of aryl methyl sites for hydroxylation is 1. The molecule has 26 heavy (non-hydrogen) atoms. The zero-order valence-electron chi connectivity index (χ0n) is 14.2. The van der Waals surface area contributed by atoms with Crippen LogP contribution in [0.4, 0.5) is 15.8 Å². The Morgan fingerprint density at radius 3 is 2.46 bits per heavy atom. The van der Waals surface area contributed by atoms with Gasteiger partial charge in [0.05, 0.1) is 16.1 Å². The Morgan fingerprint density at radius 2 is 1.85 bits per heavy atom. The number of anilines is 2. The molecule has 8 heteroatoms. The molecule has 138 valence electrons. The average molecular weight is 378 g/mol. The maximum absolute atomic E-state index is 13.2. The first-order valence-electron chi connectivity index (χ1n) is 8.19. The Hall–Kier alpha value is -2.61. The SMILES string of the molecule is Cc1cc(F)ccc1S(=O)(=O)Nc1ccc(N2CCCC2)cc1C(=O)O. The molecule has 1 aliphatic heterocycles. The lowest BCUT2D eigenvalue weighted by molar-refractivity contribution is 0.0698. The highest BCUT2D eigenvalue weighted by atomic mass is 32.2. The zero-order chi connectivity index (χ0) is 18.9. The third kappa shape index (κ3) is 3.65. The van der Waals surface area contributed by atoms with Crippen molar-refractivity contribution >= 4 is 27.4 Å². The van der Waals surface area contributed by atoms with E-state index in [0.717, 1.165) is 49.8 Å². The van der Waals surface area contributed by atoms with E-state index in [0.29, 0.717) is 0 Å². The molecule has 1 aliphatic rings. The number of carbonyl (C=O) groups is 1. The molecule has 0 aliphatic carbocycles. The first-order chi connectivity index (χ1) is 12.3. The van der Waals surface area contributed by atoms with E-state index in [1.165, 1.54) is 19.1 Å². The van der Waals surface area contributed by atoms with Crippen LogP contribution in [0.5, 0.6) is 0 Å². The molecule has 0 saturated carbocycles. The van der Waals surface area contributed by atoms with Crippen molar-refractivity contribution in [1.29, 1.82) is 0 Å². The summed E-state index contributed by atoms with van der Waals surface area (Å²) < 4.78 is 40.8. The van der Waals surface area contributed by atoms with E-state index in [9.17, 15) is 22.7 Å². The number of carboxylic acids is 1. The second-order valence-corrected chi connectivity index (χ2v) is 7.90. The summed E-state index contributed by atoms with van der Waals surface area (Å²) in [6, 6.07) is 7.95. The van der Waals surface area contributed by atoms with Gasteiger partial charge in [-0.1, -0.05) is 0 Å². The predicted octanol–water partition coefficient (Wildman–Crippen LogP) is 3.23. The van der Waals surface area contributed by atoms with Crippen LogP contribution in [-0.4, -0.2) is 32.6 Å². The van der Waals surface area contributed by atoms with Gasteiger partial charge < -0.3 is 10.0 Å². The van der Waals surface area contributed by atoms with Crippen molar-refractivity contribution in [3.05, 3.63) is 53.3 Å². The summed E-state index contributed by atoms with van der Waals surface area (Å²) in [4.78, 5) is 13.6. The number of hydrogen-bond acceptors (Lipinski definition) is 4. The summed E-state index contributed by atoms with van der Waals surface area (Å²) >= 11 is 0. The van der Waals surface area contributed by atoms with Crippen LogP contribution < -0.4 is 9.62 Å². The van der Waals surface area contributed by atoms with Crippen LogP contribution in [0.3, 0.4) is 0 Å². The van der Waals surface area contributed by atoms with Crippen LogP contribution in [0.25, 0.3) is 0 Å². The third-order valence-corrected chi connectivity index (χ3v) is 5.90. The number of nitrogens with one attached hydrogen (secondary N) is 1. The van der Waals surface area contributed by atoms with Gasteiger partial charge in [0.25, 0.3) is 10.0 Å². The zero-order valence-corrected chi connectivity index (χ0v) is 15.0. The summed E-state index contributed by atoms with van der Waals surface area (Å²) in [5.41, 5.74) is 0.839. The summed E-state index contributed by atoms with van der Waals surface area (Å²) in [5.74, 6) is -1.76. The van der Waals surface area contributed by atoms with Crippen LogP contribution in [0.2, 0.25) is 0 Å². The summed E-state index contributed by atoms with van der Waals surface area (Å²) in [5, 5.41) is 9.49. The quantitative estimate of drug-likeness (QED) is 0.834. The third-order valence-electron chi connectivity index (χ3n) is 4.38. The van der Waals surface area contributed by atoms with Crippen LogP contribution in [-0.2, 0) is 10.0 Å². The molecule has 2 N–H and O–H groups in total. The molecule has 0 amide bonds. The lowest BCUT2D eigenvalue weighted by Crippen LogP contribution is -2.20. The van der Waals surface area contributed by atoms with E-state index in [1.807, 2.05) is 0 Å². The van der Waals surface area contributed by atoms with Crippen LogP contribution in [0.1, 0.15) is 28.8 Å². The van der Waals surface area contributed by atoms with Crippen LogP contribution in [0.15, 0.2) is 41.3 Å². The lowest BCUT2D eigenvalue weighted by Gasteiger charge is -2.19. The van der Waals surface area contributed by atoms with Crippen molar-refractivity contribution < 1.29 is 22.7 Å². The molecule has 0 spiro atoms. The maximum atomic E-state index is 13.2. The topological polar surface area (TPSA) is 86.7 Å². The normalized spacial score (nSPS) is 14.5. The van der Waals surface area contributed by atoms with E-state index in [2.05, 4.69) is 9.62 Å². The highest BCUT2D eigenvalue weighted by Gasteiger charge is 2.22. The molecule has 0 aromatic heterocycles. The van der Waals surface area contributed by atoms with Gasteiger partial charge in [0.2, 0.25) is 0 Å². The molecular weight excluding hydrogens is 359 g/mol. The van der Waals surface area contributed by atoms with Gasteiger partial charge in [-0.15, -0.1) is 0 Å². The summed E-state index contributed by atoms with van der Waals surface area (Å²) in [6.07, 6.45) is 2.08. The van der Waals surface area contributed by atoms with Crippen molar-refractivity contribution in [2.24, 2.45) is 0 Å². The first-order valence-corrected chi connectivity index (χ1v) is 9.67. The Bertz CT molecular complexity index is 954. The number of hydrogen-bond donors (Lipinski definition) is 2. The largest absolute Gasteiger partial charge is 0.478 e. The molecule has 0 atom stereocenters. The number of aromatic carboxylic acids is 1. The minimum atomic E-state index is -4.04. The molecular formula is C18H19FN2O4S. The smallest absolute Gasteiger partial charge is 0.337 e. The van der Waals surface area contributed by atoms with Crippen molar-refractivity contribution in [3.63, 3.8) is 0 Å². The minimum absolute atomic E-state index is 0.0239. The second-order valence-electron chi connectivity index (χ2n) is 6.24. The van der Waals surface area contributed by atoms with E-state index < -0.39 is 21.8 Å². The van der Waals surface area contributed by atoms with E-state index >= 15 is 0 Å². The molecule has 1 saturated heterocycles. The fraction of sp³-hybridized carbons (Fsp3) is 0.278. The Labute approximate surface area is 151 Å². The Morgan fingerprint density at radius 1 is 1.15 bits per heavy atom. The Kier molecular flexibility index (Phi) is 4.86. The molecule has 0 unspecified atom stereocenters. The number of sulfonamides is 1. The van der Waals surface area contributed by atoms with Crippen molar-refractivity contribution in [3.8, 4) is 0 Å². The van der Waals surface area contributed by atoms with Gasteiger partial charge in [-0.05, 0) is 61.7 Å². The number of halogens is 1. The van der Waals surface area contributed by atoms with Crippen molar-refractivity contribution in [1.82, 2.24) is 0 Å². The predicted molar refractivity (Wildman–Crippen MR) is 96.8 cm³/mol. The fourth-order valence-electron chi connectivity index (χ4n) is 3.08. The molecule has 6 nitrogen and oxygen atoms in total. The molecule has 1 fully saturated rings. The number of benzene rings is 2. The maximum Gasteiger partial charge on any atom is 0.337 e. The molecule has 2 aromatic rings.